The Hall–Kier alpha value is -0.270. The molecular formula is C16H24BrClN2O2S. The molecule has 23 heavy (non-hydrogen) atoms. The Morgan fingerprint density at radius 3 is 2.48 bits per heavy atom. The van der Waals surface area contributed by atoms with E-state index < -0.39 is 5.54 Å². The van der Waals surface area contributed by atoms with Gasteiger partial charge in [-0.2, -0.15) is 11.8 Å². The van der Waals surface area contributed by atoms with Crippen LogP contribution in [0.2, 0.25) is 0 Å². The van der Waals surface area contributed by atoms with Gasteiger partial charge in [0.15, 0.2) is 0 Å². The highest BCUT2D eigenvalue weighted by atomic mass is 79.9. The van der Waals surface area contributed by atoms with Gasteiger partial charge in [-0.25, -0.2) is 0 Å². The molecule has 0 radical (unpaired) electrons. The highest BCUT2D eigenvalue weighted by molar-refractivity contribution is 9.10. The van der Waals surface area contributed by atoms with Crippen LogP contribution < -0.4 is 11.1 Å². The molecule has 1 aromatic carbocycles. The monoisotopic (exact) mass is 422 g/mol. The molecule has 1 aromatic rings. The van der Waals surface area contributed by atoms with Gasteiger partial charge in [0.25, 0.3) is 0 Å². The minimum atomic E-state index is -1.04. The number of carbonyl (C=O) groups is 1. The van der Waals surface area contributed by atoms with Crippen molar-refractivity contribution in [3.8, 4) is 0 Å². The highest BCUT2D eigenvalue weighted by Gasteiger charge is 2.35. The predicted octanol–water partition coefficient (Wildman–Crippen LogP) is 3.07. The molecule has 1 fully saturated rings. The van der Waals surface area contributed by atoms with E-state index in [0.717, 1.165) is 36.1 Å². The summed E-state index contributed by atoms with van der Waals surface area (Å²) in [5.41, 5.74) is 6.04. The lowest BCUT2D eigenvalue weighted by atomic mass is 9.91. The second-order valence-electron chi connectivity index (χ2n) is 5.89. The van der Waals surface area contributed by atoms with Gasteiger partial charge in [-0.15, -0.1) is 12.4 Å². The Morgan fingerprint density at radius 2 is 1.96 bits per heavy atom. The minimum absolute atomic E-state index is 0. The molecule has 0 aromatic heterocycles. The highest BCUT2D eigenvalue weighted by Crippen LogP contribution is 2.33. The van der Waals surface area contributed by atoms with E-state index in [0.29, 0.717) is 6.54 Å². The van der Waals surface area contributed by atoms with E-state index in [9.17, 15) is 4.79 Å². The van der Waals surface area contributed by atoms with Crippen molar-refractivity contribution in [3.05, 3.63) is 34.3 Å². The van der Waals surface area contributed by atoms with Crippen LogP contribution in [0.1, 0.15) is 25.3 Å². The van der Waals surface area contributed by atoms with Gasteiger partial charge >= 0.3 is 0 Å². The second kappa shape index (κ2) is 8.72. The van der Waals surface area contributed by atoms with Gasteiger partial charge < -0.3 is 15.8 Å². The van der Waals surface area contributed by atoms with E-state index >= 15 is 0 Å². The zero-order chi connectivity index (χ0) is 16.2. The molecule has 7 heteroatoms. The Morgan fingerprint density at radius 1 is 1.39 bits per heavy atom. The number of nitrogens with two attached hydrogens (primary N) is 1. The Bertz CT molecular complexity index is 519. The number of nitrogens with one attached hydrogen (secondary N) is 1. The van der Waals surface area contributed by atoms with Crippen molar-refractivity contribution in [2.75, 3.05) is 26.0 Å². The normalized spacial score (nSPS) is 19.3. The smallest absolute Gasteiger partial charge is 0.244 e. The van der Waals surface area contributed by atoms with Gasteiger partial charge in [0.05, 0.1) is 0 Å². The van der Waals surface area contributed by atoms with Crippen LogP contribution in [0.3, 0.4) is 0 Å². The third-order valence-corrected chi connectivity index (χ3v) is 6.27. The Labute approximate surface area is 156 Å². The molecule has 0 aliphatic carbocycles. The lowest BCUT2D eigenvalue weighted by Gasteiger charge is -2.36. The fourth-order valence-electron chi connectivity index (χ4n) is 2.55. The van der Waals surface area contributed by atoms with Crippen molar-refractivity contribution in [2.45, 2.75) is 30.1 Å². The topological polar surface area (TPSA) is 64.4 Å². The standard InChI is InChI=1S/C16H23BrN2O2S.ClH/c1-15(18,12-3-5-13(17)6-4-12)14(20)19-11-16(22-2)7-9-21-10-8-16;/h3-6H,7-11,18H2,1-2H3,(H,19,20);1H. The number of thioether (sulfide) groups is 1. The molecule has 2 rings (SSSR count). The zero-order valence-electron chi connectivity index (χ0n) is 13.4. The molecule has 1 aliphatic heterocycles. The van der Waals surface area contributed by atoms with E-state index in [1.807, 2.05) is 24.3 Å². The summed E-state index contributed by atoms with van der Waals surface area (Å²) in [5.74, 6) is -0.144. The number of amides is 1. The molecule has 0 saturated carbocycles. The third kappa shape index (κ3) is 5.10. The van der Waals surface area contributed by atoms with Crippen molar-refractivity contribution >= 4 is 46.0 Å². The summed E-state index contributed by atoms with van der Waals surface area (Å²) < 4.78 is 6.45. The summed E-state index contributed by atoms with van der Waals surface area (Å²) in [4.78, 5) is 12.6. The predicted molar refractivity (Wildman–Crippen MR) is 102 cm³/mol. The lowest BCUT2D eigenvalue weighted by Crippen LogP contribution is -2.53. The van der Waals surface area contributed by atoms with Gasteiger partial charge in [-0.05, 0) is 43.7 Å². The molecule has 0 bridgehead atoms. The zero-order valence-corrected chi connectivity index (χ0v) is 16.7. The number of carbonyl (C=O) groups excluding carboxylic acids is 1. The molecule has 1 aliphatic rings. The van der Waals surface area contributed by atoms with Crippen LogP contribution in [0.15, 0.2) is 28.7 Å². The van der Waals surface area contributed by atoms with E-state index in [4.69, 9.17) is 10.5 Å². The number of hydrogen-bond donors (Lipinski definition) is 2. The van der Waals surface area contributed by atoms with E-state index in [1.54, 1.807) is 18.7 Å². The molecular weight excluding hydrogens is 400 g/mol. The summed E-state index contributed by atoms with van der Waals surface area (Å²) in [6, 6.07) is 7.55. The van der Waals surface area contributed by atoms with Crippen molar-refractivity contribution in [3.63, 3.8) is 0 Å². The van der Waals surface area contributed by atoms with Gasteiger partial charge in [0, 0.05) is 29.0 Å². The van der Waals surface area contributed by atoms with Crippen molar-refractivity contribution in [1.29, 1.82) is 0 Å². The fourth-order valence-corrected chi connectivity index (χ4v) is 3.60. The summed E-state index contributed by atoms with van der Waals surface area (Å²) in [7, 11) is 0. The molecule has 1 heterocycles. The lowest BCUT2D eigenvalue weighted by molar-refractivity contribution is -0.126. The fraction of sp³-hybridized carbons (Fsp3) is 0.562. The quantitative estimate of drug-likeness (QED) is 0.764. The van der Waals surface area contributed by atoms with Crippen molar-refractivity contribution in [2.24, 2.45) is 5.73 Å². The van der Waals surface area contributed by atoms with Crippen LogP contribution >= 0.6 is 40.1 Å². The molecule has 0 spiro atoms. The van der Waals surface area contributed by atoms with Gasteiger partial charge in [-0.3, -0.25) is 4.79 Å². The van der Waals surface area contributed by atoms with Gasteiger partial charge in [0.2, 0.25) is 5.91 Å². The Kier molecular flexibility index (Phi) is 7.87. The number of rotatable bonds is 5. The number of benzene rings is 1. The van der Waals surface area contributed by atoms with E-state index in [2.05, 4.69) is 27.5 Å². The summed E-state index contributed by atoms with van der Waals surface area (Å²) in [6.45, 7) is 3.88. The van der Waals surface area contributed by atoms with Crippen LogP contribution in [-0.2, 0) is 15.1 Å². The SMILES string of the molecule is CSC1(CNC(=O)C(C)(N)c2ccc(Br)cc2)CCOCC1.Cl. The third-order valence-electron chi connectivity index (χ3n) is 4.32. The van der Waals surface area contributed by atoms with E-state index in [1.165, 1.54) is 0 Å². The van der Waals surface area contributed by atoms with Crippen LogP contribution in [0.5, 0.6) is 0 Å². The summed E-state index contributed by atoms with van der Waals surface area (Å²) in [6.07, 6.45) is 4.00. The average Bonchev–Trinajstić information content (AvgIpc) is 2.54. The average molecular weight is 424 g/mol. The number of ether oxygens (including phenoxy) is 1. The first kappa shape index (κ1) is 20.8. The van der Waals surface area contributed by atoms with Crippen molar-refractivity contribution in [1.82, 2.24) is 5.32 Å². The molecule has 1 atom stereocenters. The summed E-state index contributed by atoms with van der Waals surface area (Å²) >= 11 is 5.19. The van der Waals surface area contributed by atoms with Crippen LogP contribution in [0.4, 0.5) is 0 Å². The first-order valence-corrected chi connectivity index (χ1v) is 9.37. The van der Waals surface area contributed by atoms with Crippen LogP contribution in [0, 0.1) is 0 Å². The van der Waals surface area contributed by atoms with E-state index in [-0.39, 0.29) is 23.1 Å². The number of halogens is 2. The molecule has 130 valence electrons. The van der Waals surface area contributed by atoms with Gasteiger partial charge in [0.1, 0.15) is 5.54 Å². The first-order chi connectivity index (χ1) is 10.4. The maximum atomic E-state index is 12.6. The maximum absolute atomic E-state index is 12.6. The molecule has 4 nitrogen and oxygen atoms in total. The molecule has 1 amide bonds. The first-order valence-electron chi connectivity index (χ1n) is 7.36. The van der Waals surface area contributed by atoms with Gasteiger partial charge in [-0.1, -0.05) is 28.1 Å². The maximum Gasteiger partial charge on any atom is 0.244 e. The second-order valence-corrected chi connectivity index (χ2v) is 8.08. The van der Waals surface area contributed by atoms with Crippen molar-refractivity contribution < 1.29 is 9.53 Å². The molecule has 1 saturated heterocycles. The summed E-state index contributed by atoms with van der Waals surface area (Å²) in [5, 5.41) is 3.05. The van der Waals surface area contributed by atoms with Crippen LogP contribution in [0.25, 0.3) is 0 Å². The number of hydrogen-bond acceptors (Lipinski definition) is 4. The minimum Gasteiger partial charge on any atom is -0.381 e. The van der Waals surface area contributed by atoms with Crippen LogP contribution in [-0.4, -0.2) is 36.7 Å². The largest absolute Gasteiger partial charge is 0.381 e. The molecule has 3 N–H and O–H groups in total. The Balaban J connectivity index is 0.00000264. The molecule has 1 unspecified atom stereocenters.